The molecule has 1 aliphatic heterocycles. The van der Waals surface area contributed by atoms with Gasteiger partial charge in [0.05, 0.1) is 0 Å². The first-order valence-electron chi connectivity index (χ1n) is 3.14. The summed E-state index contributed by atoms with van der Waals surface area (Å²) in [6, 6.07) is 0. The van der Waals surface area contributed by atoms with Gasteiger partial charge in [0.15, 0.2) is 0 Å². The lowest BCUT2D eigenvalue weighted by Gasteiger charge is -2.00. The van der Waals surface area contributed by atoms with E-state index in [1.165, 1.54) is 12.2 Å². The van der Waals surface area contributed by atoms with Crippen molar-refractivity contribution in [1.82, 2.24) is 0 Å². The van der Waals surface area contributed by atoms with Gasteiger partial charge in [-0.2, -0.15) is 11.8 Å². The minimum Gasteiger partial charge on any atom is -0.330 e. The zero-order chi connectivity index (χ0) is 5.98. The molecule has 1 saturated heterocycles. The van der Waals surface area contributed by atoms with Gasteiger partial charge >= 0.3 is 0 Å². The Balaban J connectivity index is 2.22. The van der Waals surface area contributed by atoms with Crippen LogP contribution in [0.1, 0.15) is 13.3 Å². The Labute approximate surface area is 55.0 Å². The highest BCUT2D eigenvalue weighted by atomic mass is 32.2. The topological polar surface area (TPSA) is 26.0 Å². The van der Waals surface area contributed by atoms with E-state index in [9.17, 15) is 0 Å². The summed E-state index contributed by atoms with van der Waals surface area (Å²) in [6.07, 6.45) is 1.33. The van der Waals surface area contributed by atoms with Crippen molar-refractivity contribution in [2.45, 2.75) is 18.6 Å². The van der Waals surface area contributed by atoms with Gasteiger partial charge in [0, 0.05) is 5.25 Å². The van der Waals surface area contributed by atoms with E-state index in [2.05, 4.69) is 6.92 Å². The number of thioether (sulfide) groups is 1. The van der Waals surface area contributed by atoms with E-state index >= 15 is 0 Å². The summed E-state index contributed by atoms with van der Waals surface area (Å²) in [5.41, 5.74) is 5.48. The highest BCUT2D eigenvalue weighted by Crippen LogP contribution is 2.29. The first kappa shape index (κ1) is 6.43. The summed E-state index contributed by atoms with van der Waals surface area (Å²) < 4.78 is 0. The maximum absolute atomic E-state index is 5.48. The van der Waals surface area contributed by atoms with E-state index in [1.54, 1.807) is 0 Å². The Morgan fingerprint density at radius 1 is 1.75 bits per heavy atom. The van der Waals surface area contributed by atoms with Crippen molar-refractivity contribution < 1.29 is 0 Å². The third kappa shape index (κ3) is 1.39. The minimum absolute atomic E-state index is 0.815. The van der Waals surface area contributed by atoms with E-state index in [-0.39, 0.29) is 0 Å². The normalized spacial score (nSPS) is 38.2. The van der Waals surface area contributed by atoms with Gasteiger partial charge in [-0.1, -0.05) is 6.92 Å². The molecular weight excluding hydrogens is 118 g/mol. The molecule has 2 atom stereocenters. The van der Waals surface area contributed by atoms with Crippen LogP contribution in [0.4, 0.5) is 0 Å². The third-order valence-electron chi connectivity index (χ3n) is 1.62. The predicted molar refractivity (Wildman–Crippen MR) is 39.1 cm³/mol. The monoisotopic (exact) mass is 131 g/mol. The molecule has 0 radical (unpaired) electrons. The van der Waals surface area contributed by atoms with E-state index < -0.39 is 0 Å². The summed E-state index contributed by atoms with van der Waals surface area (Å²) in [4.78, 5) is 0. The Morgan fingerprint density at radius 2 is 2.50 bits per heavy atom. The summed E-state index contributed by atoms with van der Waals surface area (Å²) >= 11 is 2.05. The van der Waals surface area contributed by atoms with Crippen LogP contribution in [0.3, 0.4) is 0 Å². The van der Waals surface area contributed by atoms with E-state index in [0.29, 0.717) is 0 Å². The Hall–Kier alpha value is 0.310. The maximum atomic E-state index is 5.48. The van der Waals surface area contributed by atoms with Crippen LogP contribution < -0.4 is 5.73 Å². The molecule has 2 N–H and O–H groups in total. The van der Waals surface area contributed by atoms with Crippen molar-refractivity contribution in [2.24, 2.45) is 11.7 Å². The lowest BCUT2D eigenvalue weighted by molar-refractivity contribution is 0.579. The van der Waals surface area contributed by atoms with Crippen LogP contribution in [-0.2, 0) is 0 Å². The van der Waals surface area contributed by atoms with E-state index in [1.807, 2.05) is 11.8 Å². The first-order chi connectivity index (χ1) is 3.83. The van der Waals surface area contributed by atoms with Gasteiger partial charge in [0.1, 0.15) is 0 Å². The third-order valence-corrected chi connectivity index (χ3v) is 3.04. The number of hydrogen-bond acceptors (Lipinski definition) is 2. The van der Waals surface area contributed by atoms with Crippen molar-refractivity contribution in [3.05, 3.63) is 0 Å². The molecule has 0 amide bonds. The molecule has 0 bridgehead atoms. The second-order valence-electron chi connectivity index (χ2n) is 2.48. The molecule has 1 fully saturated rings. The smallest absolute Gasteiger partial charge is 0.00222 e. The first-order valence-corrected chi connectivity index (χ1v) is 4.19. The SMILES string of the molecule is CC1CC(CN)CS1. The molecule has 1 heterocycles. The zero-order valence-corrected chi connectivity index (χ0v) is 6.08. The van der Waals surface area contributed by atoms with E-state index in [4.69, 9.17) is 5.73 Å². The molecule has 0 saturated carbocycles. The minimum atomic E-state index is 0.815. The second-order valence-corrected chi connectivity index (χ2v) is 3.95. The predicted octanol–water partition coefficient (Wildman–Crippen LogP) is 1.09. The number of rotatable bonds is 1. The van der Waals surface area contributed by atoms with Crippen LogP contribution in [0, 0.1) is 5.92 Å². The number of nitrogens with two attached hydrogens (primary N) is 1. The summed E-state index contributed by atoms with van der Waals surface area (Å²) in [7, 11) is 0. The molecule has 0 aromatic carbocycles. The molecule has 1 aliphatic rings. The quantitative estimate of drug-likeness (QED) is 0.576. The molecule has 0 aliphatic carbocycles. The zero-order valence-electron chi connectivity index (χ0n) is 5.26. The van der Waals surface area contributed by atoms with Crippen LogP contribution in [0.5, 0.6) is 0 Å². The molecule has 0 aromatic heterocycles. The fourth-order valence-electron chi connectivity index (χ4n) is 1.07. The van der Waals surface area contributed by atoms with E-state index in [0.717, 1.165) is 17.7 Å². The Morgan fingerprint density at radius 3 is 2.75 bits per heavy atom. The van der Waals surface area contributed by atoms with Gasteiger partial charge in [-0.3, -0.25) is 0 Å². The van der Waals surface area contributed by atoms with Crippen LogP contribution in [0.25, 0.3) is 0 Å². The second kappa shape index (κ2) is 2.74. The molecule has 48 valence electrons. The van der Waals surface area contributed by atoms with Crippen LogP contribution in [-0.4, -0.2) is 17.5 Å². The maximum Gasteiger partial charge on any atom is 0.00222 e. The summed E-state index contributed by atoms with van der Waals surface area (Å²) in [5.74, 6) is 2.10. The lowest BCUT2D eigenvalue weighted by Crippen LogP contribution is -2.13. The Kier molecular flexibility index (Phi) is 2.20. The molecular formula is C6H13NS. The van der Waals surface area contributed by atoms with Crippen molar-refractivity contribution in [3.8, 4) is 0 Å². The molecule has 2 unspecified atom stereocenters. The fraction of sp³-hybridized carbons (Fsp3) is 1.00. The molecule has 8 heavy (non-hydrogen) atoms. The highest BCUT2D eigenvalue weighted by Gasteiger charge is 2.19. The average Bonchev–Trinajstić information content (AvgIpc) is 2.14. The summed E-state index contributed by atoms with van der Waals surface area (Å²) in [6.45, 7) is 3.16. The fourth-order valence-corrected chi connectivity index (χ4v) is 2.35. The molecule has 1 nitrogen and oxygen atoms in total. The average molecular weight is 131 g/mol. The lowest BCUT2D eigenvalue weighted by atomic mass is 10.1. The molecule has 1 rings (SSSR count). The van der Waals surface area contributed by atoms with Crippen molar-refractivity contribution in [2.75, 3.05) is 12.3 Å². The van der Waals surface area contributed by atoms with Gasteiger partial charge in [-0.05, 0) is 24.6 Å². The van der Waals surface area contributed by atoms with Crippen molar-refractivity contribution in [3.63, 3.8) is 0 Å². The summed E-state index contributed by atoms with van der Waals surface area (Å²) in [5, 5.41) is 0.864. The van der Waals surface area contributed by atoms with Crippen LogP contribution >= 0.6 is 11.8 Å². The van der Waals surface area contributed by atoms with Gasteiger partial charge in [-0.25, -0.2) is 0 Å². The largest absolute Gasteiger partial charge is 0.330 e. The van der Waals surface area contributed by atoms with Gasteiger partial charge in [0.2, 0.25) is 0 Å². The van der Waals surface area contributed by atoms with Gasteiger partial charge in [0.25, 0.3) is 0 Å². The Bertz CT molecular complexity index is 74.9. The molecule has 2 heteroatoms. The van der Waals surface area contributed by atoms with Gasteiger partial charge < -0.3 is 5.73 Å². The van der Waals surface area contributed by atoms with Crippen LogP contribution in [0.2, 0.25) is 0 Å². The van der Waals surface area contributed by atoms with Crippen molar-refractivity contribution >= 4 is 11.8 Å². The standard InChI is InChI=1S/C6H13NS/c1-5-2-6(3-7)4-8-5/h5-6H,2-4,7H2,1H3. The molecule has 0 spiro atoms. The van der Waals surface area contributed by atoms with Gasteiger partial charge in [-0.15, -0.1) is 0 Å². The molecule has 0 aromatic rings. The van der Waals surface area contributed by atoms with Crippen LogP contribution in [0.15, 0.2) is 0 Å². The van der Waals surface area contributed by atoms with Crippen molar-refractivity contribution in [1.29, 1.82) is 0 Å². The highest BCUT2D eigenvalue weighted by molar-refractivity contribution is 8.00. The number of hydrogen-bond donors (Lipinski definition) is 1.